The molecule has 2 aromatic carbocycles. The maximum Gasteiger partial charge on any atom is 0.205 e. The van der Waals surface area contributed by atoms with Gasteiger partial charge in [-0.3, -0.25) is 0 Å². The number of hydrogen-bond donors (Lipinski definition) is 0. The van der Waals surface area contributed by atoms with E-state index in [2.05, 4.69) is 19.4 Å². The predicted molar refractivity (Wildman–Crippen MR) is 111 cm³/mol. The van der Waals surface area contributed by atoms with E-state index in [1.165, 1.54) is 12.1 Å². The summed E-state index contributed by atoms with van der Waals surface area (Å²) < 4.78 is 15.5. The van der Waals surface area contributed by atoms with Crippen molar-refractivity contribution in [2.75, 3.05) is 18.0 Å². The van der Waals surface area contributed by atoms with Crippen LogP contribution in [0.15, 0.2) is 55.1 Å². The molecule has 0 atom stereocenters. The second kappa shape index (κ2) is 8.95. The summed E-state index contributed by atoms with van der Waals surface area (Å²) in [5.74, 6) is -0.430. The Morgan fingerprint density at radius 3 is 2.67 bits per heavy atom. The third-order valence-electron chi connectivity index (χ3n) is 4.50. The molecule has 3 nitrogen and oxygen atoms in total. The van der Waals surface area contributed by atoms with Gasteiger partial charge in [0.2, 0.25) is 5.69 Å². The molecular formula is C23H25FN3+. The van der Waals surface area contributed by atoms with Gasteiger partial charge in [0.15, 0.2) is 0 Å². The van der Waals surface area contributed by atoms with E-state index >= 15 is 0 Å². The van der Waals surface area contributed by atoms with Crippen molar-refractivity contribution < 1.29 is 8.97 Å². The number of rotatable bonds is 7. The van der Waals surface area contributed by atoms with Gasteiger partial charge < -0.3 is 4.90 Å². The smallest absolute Gasteiger partial charge is 0.205 e. The predicted octanol–water partition coefficient (Wildman–Crippen LogP) is 5.42. The van der Waals surface area contributed by atoms with Crippen molar-refractivity contribution in [1.82, 2.24) is 0 Å². The molecule has 0 aromatic heterocycles. The number of anilines is 1. The Morgan fingerprint density at radius 2 is 2.04 bits per heavy atom. The van der Waals surface area contributed by atoms with Crippen molar-refractivity contribution >= 4 is 23.8 Å². The number of hydrogen-bond acceptors (Lipinski definition) is 2. The summed E-state index contributed by atoms with van der Waals surface area (Å²) in [6.07, 6.45) is 3.92. The Morgan fingerprint density at radius 1 is 1.30 bits per heavy atom. The Balaban J connectivity index is 2.57. The zero-order chi connectivity index (χ0) is 20.0. The van der Waals surface area contributed by atoms with Gasteiger partial charge in [-0.05, 0) is 44.5 Å². The van der Waals surface area contributed by atoms with E-state index in [1.807, 2.05) is 60.6 Å². The topological polar surface area (TPSA) is 30.0 Å². The average molecular weight is 362 g/mol. The Hall–Kier alpha value is -3.19. The normalized spacial score (nSPS) is 10.6. The summed E-state index contributed by atoms with van der Waals surface area (Å²) in [6.45, 7) is 15.6. The number of halogens is 1. The zero-order valence-electron chi connectivity index (χ0n) is 16.2. The van der Waals surface area contributed by atoms with Crippen LogP contribution >= 0.6 is 0 Å². The molecule has 0 heterocycles. The van der Waals surface area contributed by atoms with E-state index in [1.54, 1.807) is 6.07 Å². The largest absolute Gasteiger partial charge is 0.337 e. The third kappa shape index (κ3) is 4.51. The van der Waals surface area contributed by atoms with Crippen LogP contribution in [0.5, 0.6) is 0 Å². The Labute approximate surface area is 161 Å². The van der Waals surface area contributed by atoms with Crippen LogP contribution in [0.25, 0.3) is 5.70 Å². The molecular weight excluding hydrogens is 337 g/mol. The van der Waals surface area contributed by atoms with Gasteiger partial charge in [0, 0.05) is 29.9 Å². The lowest BCUT2D eigenvalue weighted by atomic mass is 10.0. The van der Waals surface area contributed by atoms with Gasteiger partial charge >= 0.3 is 0 Å². The van der Waals surface area contributed by atoms with E-state index in [4.69, 9.17) is 0 Å². The molecule has 0 radical (unpaired) electrons. The van der Waals surface area contributed by atoms with Crippen molar-refractivity contribution in [3.8, 4) is 6.07 Å². The molecule has 0 fully saturated rings. The van der Waals surface area contributed by atoms with Gasteiger partial charge in [0.1, 0.15) is 25.1 Å². The van der Waals surface area contributed by atoms with Crippen molar-refractivity contribution in [3.63, 3.8) is 0 Å². The van der Waals surface area contributed by atoms with E-state index in [0.29, 0.717) is 12.2 Å². The number of allylic oxidation sites excluding steroid dienone is 1. The number of benzene rings is 2. The molecule has 0 amide bonds. The van der Waals surface area contributed by atoms with Gasteiger partial charge in [-0.1, -0.05) is 24.8 Å². The Bertz CT molecular complexity index is 935. The first kappa shape index (κ1) is 20.1. The van der Waals surface area contributed by atoms with E-state index in [-0.39, 0.29) is 5.56 Å². The molecule has 4 heteroatoms. The van der Waals surface area contributed by atoms with Crippen LogP contribution in [-0.2, 0) is 0 Å². The standard InChI is InChI=1S/C23H25FN3/c1-6-8-13-27(23-12-10-20(24)14-19(23)16-25)18(4)22-15-21(26(5)7-2)11-9-17(22)3/h6,8-12,14-15H,4-5,7,13H2,1-3H3/q+1/b8-6+. The molecule has 0 unspecified atom stereocenters. The highest BCUT2D eigenvalue weighted by Crippen LogP contribution is 2.31. The maximum absolute atomic E-state index is 13.6. The van der Waals surface area contributed by atoms with Gasteiger partial charge in [0.25, 0.3) is 0 Å². The third-order valence-corrected chi connectivity index (χ3v) is 4.50. The van der Waals surface area contributed by atoms with Crippen LogP contribution in [0.4, 0.5) is 15.8 Å². The zero-order valence-corrected chi connectivity index (χ0v) is 16.2. The molecule has 2 rings (SSSR count). The summed E-state index contributed by atoms with van der Waals surface area (Å²) >= 11 is 0. The highest BCUT2D eigenvalue weighted by Gasteiger charge is 2.18. The lowest BCUT2D eigenvalue weighted by Crippen LogP contribution is -2.22. The molecule has 0 aliphatic carbocycles. The first-order valence-electron chi connectivity index (χ1n) is 8.89. The van der Waals surface area contributed by atoms with Gasteiger partial charge in [-0.2, -0.15) is 5.26 Å². The minimum absolute atomic E-state index is 0.279. The number of nitriles is 1. The fourth-order valence-electron chi connectivity index (χ4n) is 2.84. The average Bonchev–Trinajstić information content (AvgIpc) is 2.68. The molecule has 0 aliphatic rings. The first-order valence-corrected chi connectivity index (χ1v) is 8.89. The highest BCUT2D eigenvalue weighted by molar-refractivity contribution is 5.82. The fraction of sp³-hybridized carbons (Fsp3) is 0.217. The number of nitrogens with zero attached hydrogens (tertiary/aromatic N) is 3. The summed E-state index contributed by atoms with van der Waals surface area (Å²) in [5.41, 5.74) is 4.69. The maximum atomic E-state index is 13.6. The van der Waals surface area contributed by atoms with Crippen molar-refractivity contribution in [2.24, 2.45) is 0 Å². The lowest BCUT2D eigenvalue weighted by molar-refractivity contribution is -0.426. The van der Waals surface area contributed by atoms with E-state index < -0.39 is 5.82 Å². The molecule has 0 aliphatic heterocycles. The molecule has 0 N–H and O–H groups in total. The fourth-order valence-corrected chi connectivity index (χ4v) is 2.84. The quantitative estimate of drug-likeness (QED) is 0.374. The Kier molecular flexibility index (Phi) is 6.67. The van der Waals surface area contributed by atoms with Crippen molar-refractivity contribution in [3.05, 3.63) is 77.6 Å². The van der Waals surface area contributed by atoms with Crippen molar-refractivity contribution in [1.29, 1.82) is 5.26 Å². The van der Waals surface area contributed by atoms with Crippen LogP contribution in [0.1, 0.15) is 30.5 Å². The lowest BCUT2D eigenvalue weighted by Gasteiger charge is -2.27. The van der Waals surface area contributed by atoms with Crippen LogP contribution < -0.4 is 4.90 Å². The molecule has 0 saturated heterocycles. The summed E-state index contributed by atoms with van der Waals surface area (Å²) in [5, 5.41) is 9.47. The van der Waals surface area contributed by atoms with Gasteiger partial charge in [0.05, 0.1) is 11.3 Å². The molecule has 0 spiro atoms. The van der Waals surface area contributed by atoms with Crippen LogP contribution in [0.2, 0.25) is 0 Å². The molecule has 2 aromatic rings. The molecule has 0 saturated carbocycles. The number of aryl methyl sites for hydroxylation is 1. The van der Waals surface area contributed by atoms with Crippen molar-refractivity contribution in [2.45, 2.75) is 20.8 Å². The summed E-state index contributed by atoms with van der Waals surface area (Å²) in [4.78, 5) is 1.93. The highest BCUT2D eigenvalue weighted by atomic mass is 19.1. The second-order valence-corrected chi connectivity index (χ2v) is 6.25. The van der Waals surface area contributed by atoms with Gasteiger partial charge in [-0.25, -0.2) is 8.97 Å². The van der Waals surface area contributed by atoms with Crippen LogP contribution in [0.3, 0.4) is 0 Å². The van der Waals surface area contributed by atoms with Crippen LogP contribution in [0, 0.1) is 24.1 Å². The SMILES string of the molecule is C=C(c1cc([N+](=C)CC)ccc1C)N(C/C=C/C)c1ccc(F)cc1C#N. The summed E-state index contributed by atoms with van der Waals surface area (Å²) in [7, 11) is 0. The monoisotopic (exact) mass is 362 g/mol. The molecule has 138 valence electrons. The summed E-state index contributed by atoms with van der Waals surface area (Å²) in [6, 6.07) is 12.4. The molecule has 27 heavy (non-hydrogen) atoms. The first-order chi connectivity index (χ1) is 12.9. The molecule has 0 bridgehead atoms. The van der Waals surface area contributed by atoms with Gasteiger partial charge in [-0.15, -0.1) is 0 Å². The van der Waals surface area contributed by atoms with Crippen LogP contribution in [-0.4, -0.2) is 24.4 Å². The minimum Gasteiger partial charge on any atom is -0.337 e. The van der Waals surface area contributed by atoms with E-state index in [0.717, 1.165) is 29.1 Å². The van der Waals surface area contributed by atoms with E-state index in [9.17, 15) is 9.65 Å². The minimum atomic E-state index is -0.430. The second-order valence-electron chi connectivity index (χ2n) is 6.25.